The second-order valence-electron chi connectivity index (χ2n) is 10.7. The van der Waals surface area contributed by atoms with Crippen LogP contribution in [0.15, 0.2) is 48.5 Å². The fourth-order valence-electron chi connectivity index (χ4n) is 4.43. The molecular formula is C29H37F2N3O4. The van der Waals surface area contributed by atoms with E-state index in [4.69, 9.17) is 19.3 Å². The van der Waals surface area contributed by atoms with Crippen molar-refractivity contribution in [2.24, 2.45) is 0 Å². The van der Waals surface area contributed by atoms with Gasteiger partial charge in [0.05, 0.1) is 41.4 Å². The van der Waals surface area contributed by atoms with E-state index in [0.717, 1.165) is 42.8 Å². The highest BCUT2D eigenvalue weighted by Crippen LogP contribution is 2.33. The van der Waals surface area contributed by atoms with Gasteiger partial charge in [0.1, 0.15) is 5.82 Å². The number of para-hydroxylation sites is 1. The van der Waals surface area contributed by atoms with Crippen molar-refractivity contribution >= 4 is 0 Å². The molecule has 1 saturated heterocycles. The number of halogens is 2. The minimum atomic E-state index is -0.805. The molecule has 7 nitrogen and oxygen atoms in total. The normalized spacial score (nSPS) is 16.8. The summed E-state index contributed by atoms with van der Waals surface area (Å²) in [5.74, 6) is -1.26. The van der Waals surface area contributed by atoms with Gasteiger partial charge in [-0.1, -0.05) is 18.2 Å². The number of rotatable bonds is 11. The lowest BCUT2D eigenvalue weighted by Gasteiger charge is -2.29. The molecule has 9 heteroatoms. The van der Waals surface area contributed by atoms with Crippen molar-refractivity contribution in [1.29, 1.82) is 0 Å². The largest absolute Gasteiger partial charge is 0.435 e. The Balaban J connectivity index is 1.66. The molecule has 0 aliphatic carbocycles. The van der Waals surface area contributed by atoms with Crippen LogP contribution in [0.25, 0.3) is 5.69 Å². The average Bonchev–Trinajstić information content (AvgIpc) is 3.48. The first kappa shape index (κ1) is 28.2. The molecule has 38 heavy (non-hydrogen) atoms. The van der Waals surface area contributed by atoms with Gasteiger partial charge in [-0.15, -0.1) is 0 Å². The molecule has 1 aliphatic rings. The number of hydrogen-bond donors (Lipinski definition) is 1. The van der Waals surface area contributed by atoms with Crippen molar-refractivity contribution in [3.05, 3.63) is 71.4 Å². The summed E-state index contributed by atoms with van der Waals surface area (Å²) in [6, 6.07) is 12.6. The summed E-state index contributed by atoms with van der Waals surface area (Å²) in [6.07, 6.45) is 1.27. The summed E-state index contributed by atoms with van der Waals surface area (Å²) in [6.45, 7) is 9.95. The van der Waals surface area contributed by atoms with E-state index in [2.05, 4.69) is 4.90 Å². The highest BCUT2D eigenvalue weighted by atomic mass is 19.1. The van der Waals surface area contributed by atoms with Crippen molar-refractivity contribution in [3.8, 4) is 17.3 Å². The Morgan fingerprint density at radius 1 is 1.18 bits per heavy atom. The Kier molecular flexibility index (Phi) is 9.15. The zero-order valence-corrected chi connectivity index (χ0v) is 22.5. The summed E-state index contributed by atoms with van der Waals surface area (Å²) in [4.78, 5) is 2.10. The first-order chi connectivity index (χ1) is 18.1. The maximum Gasteiger partial charge on any atom is 0.227 e. The van der Waals surface area contributed by atoms with E-state index in [-0.39, 0.29) is 24.1 Å². The topological polar surface area (TPSA) is 69.0 Å². The number of aliphatic hydroxyl groups is 1. The predicted octanol–water partition coefficient (Wildman–Crippen LogP) is 5.41. The molecule has 0 unspecified atom stereocenters. The molecule has 3 aromatic rings. The molecule has 0 radical (unpaired) electrons. The Bertz CT molecular complexity index is 1190. The van der Waals surface area contributed by atoms with E-state index in [1.807, 2.05) is 58.0 Å². The molecule has 0 saturated carbocycles. The number of aliphatic hydroxyl groups excluding tert-OH is 1. The maximum atomic E-state index is 14.6. The SMILES string of the molecule is Cc1nn(-c2ccccc2)c(Oc2ccc(F)cc2F)c1CN(C[C@@H](O)COC(C)(C)C)C[C@H]1CCCO1. The summed E-state index contributed by atoms with van der Waals surface area (Å²) < 4.78 is 47.6. The van der Waals surface area contributed by atoms with Crippen LogP contribution in [-0.2, 0) is 16.0 Å². The van der Waals surface area contributed by atoms with Crippen molar-refractivity contribution in [1.82, 2.24) is 14.7 Å². The third kappa shape index (κ3) is 7.60. The zero-order chi connectivity index (χ0) is 27.3. The molecule has 0 spiro atoms. The molecule has 0 amide bonds. The van der Waals surface area contributed by atoms with Gasteiger partial charge in [-0.25, -0.2) is 13.5 Å². The first-order valence-electron chi connectivity index (χ1n) is 13.0. The Hall–Kier alpha value is -2.85. The lowest BCUT2D eigenvalue weighted by atomic mass is 10.1. The van der Waals surface area contributed by atoms with Crippen LogP contribution in [0, 0.1) is 18.6 Å². The van der Waals surface area contributed by atoms with Gasteiger partial charge in [0.15, 0.2) is 11.6 Å². The summed E-state index contributed by atoms with van der Waals surface area (Å²) in [5.41, 5.74) is 1.81. The van der Waals surface area contributed by atoms with Crippen LogP contribution < -0.4 is 4.74 Å². The van der Waals surface area contributed by atoms with Crippen molar-refractivity contribution in [2.45, 2.75) is 64.9 Å². The van der Waals surface area contributed by atoms with E-state index >= 15 is 0 Å². The fraction of sp³-hybridized carbons (Fsp3) is 0.483. The quantitative estimate of drug-likeness (QED) is 0.358. The monoisotopic (exact) mass is 529 g/mol. The van der Waals surface area contributed by atoms with E-state index in [9.17, 15) is 13.9 Å². The lowest BCUT2D eigenvalue weighted by Crippen LogP contribution is -2.40. The summed E-state index contributed by atoms with van der Waals surface area (Å²) in [5, 5.41) is 15.5. The van der Waals surface area contributed by atoms with E-state index < -0.39 is 17.7 Å². The standard InChI is InChI=1S/C29H37F2N3O4/c1-20-25(18-33(17-24-11-8-14-36-24)16-23(35)19-37-29(2,3)4)28(34(32-20)22-9-6-5-7-10-22)38-27-13-12-21(30)15-26(27)31/h5-7,9-10,12-13,15,23-24,35H,8,11,14,16-19H2,1-4H3/t23-,24-/m1/s1. The van der Waals surface area contributed by atoms with Gasteiger partial charge in [-0.05, 0) is 64.8 Å². The van der Waals surface area contributed by atoms with Gasteiger partial charge in [0.25, 0.3) is 0 Å². The van der Waals surface area contributed by atoms with Crippen molar-refractivity contribution in [2.75, 3.05) is 26.3 Å². The van der Waals surface area contributed by atoms with Gasteiger partial charge >= 0.3 is 0 Å². The molecule has 2 heterocycles. The molecule has 1 N–H and O–H groups in total. The Morgan fingerprint density at radius 2 is 1.95 bits per heavy atom. The molecule has 4 rings (SSSR count). The van der Waals surface area contributed by atoms with Crippen LogP contribution in [-0.4, -0.2) is 63.9 Å². The van der Waals surface area contributed by atoms with E-state index in [0.29, 0.717) is 31.2 Å². The maximum absolute atomic E-state index is 14.6. The minimum absolute atomic E-state index is 0.0501. The van der Waals surface area contributed by atoms with Crippen LogP contribution in [0.4, 0.5) is 8.78 Å². The molecule has 1 aliphatic heterocycles. The third-order valence-electron chi connectivity index (χ3n) is 6.28. The van der Waals surface area contributed by atoms with E-state index in [1.165, 1.54) is 6.07 Å². The molecule has 206 valence electrons. The molecule has 1 fully saturated rings. The third-order valence-corrected chi connectivity index (χ3v) is 6.28. The number of hydrogen-bond acceptors (Lipinski definition) is 6. The van der Waals surface area contributed by atoms with Crippen molar-refractivity contribution < 1.29 is 28.1 Å². The van der Waals surface area contributed by atoms with Crippen LogP contribution in [0.3, 0.4) is 0 Å². The number of nitrogens with zero attached hydrogens (tertiary/aromatic N) is 3. The van der Waals surface area contributed by atoms with Crippen LogP contribution >= 0.6 is 0 Å². The van der Waals surface area contributed by atoms with Crippen LogP contribution in [0.5, 0.6) is 11.6 Å². The molecule has 1 aromatic heterocycles. The fourth-order valence-corrected chi connectivity index (χ4v) is 4.43. The van der Waals surface area contributed by atoms with Gasteiger partial charge < -0.3 is 19.3 Å². The molecule has 2 aromatic carbocycles. The highest BCUT2D eigenvalue weighted by molar-refractivity contribution is 5.43. The zero-order valence-electron chi connectivity index (χ0n) is 22.5. The predicted molar refractivity (Wildman–Crippen MR) is 141 cm³/mol. The Labute approximate surface area is 222 Å². The Morgan fingerprint density at radius 3 is 2.61 bits per heavy atom. The summed E-state index contributed by atoms with van der Waals surface area (Å²) in [7, 11) is 0. The van der Waals surface area contributed by atoms with Gasteiger partial charge in [0.2, 0.25) is 5.88 Å². The molecular weight excluding hydrogens is 492 g/mol. The smallest absolute Gasteiger partial charge is 0.227 e. The molecule has 2 atom stereocenters. The highest BCUT2D eigenvalue weighted by Gasteiger charge is 2.27. The van der Waals surface area contributed by atoms with Crippen molar-refractivity contribution in [3.63, 3.8) is 0 Å². The number of aryl methyl sites for hydroxylation is 1. The van der Waals surface area contributed by atoms with Gasteiger partial charge in [-0.2, -0.15) is 5.10 Å². The van der Waals surface area contributed by atoms with E-state index in [1.54, 1.807) is 4.68 Å². The minimum Gasteiger partial charge on any atom is -0.435 e. The number of ether oxygens (including phenoxy) is 3. The van der Waals surface area contributed by atoms with Crippen LogP contribution in [0.1, 0.15) is 44.9 Å². The second kappa shape index (κ2) is 12.3. The van der Waals surface area contributed by atoms with Gasteiger partial charge in [-0.3, -0.25) is 4.90 Å². The summed E-state index contributed by atoms with van der Waals surface area (Å²) >= 11 is 0. The first-order valence-corrected chi connectivity index (χ1v) is 13.0. The molecule has 0 bridgehead atoms. The van der Waals surface area contributed by atoms with Crippen LogP contribution in [0.2, 0.25) is 0 Å². The average molecular weight is 530 g/mol. The number of benzene rings is 2. The second-order valence-corrected chi connectivity index (χ2v) is 10.7. The number of aromatic nitrogens is 2. The van der Waals surface area contributed by atoms with Gasteiger partial charge in [0, 0.05) is 32.3 Å². The lowest BCUT2D eigenvalue weighted by molar-refractivity contribution is -0.0594.